The van der Waals surface area contributed by atoms with E-state index in [-0.39, 0.29) is 6.67 Å². The lowest BCUT2D eigenvalue weighted by Gasteiger charge is -2.30. The van der Waals surface area contributed by atoms with Crippen LogP contribution in [0.25, 0.3) is 0 Å². The smallest absolute Gasteiger partial charge is 0.105 e. The number of aliphatic hydroxyl groups excluding tert-OH is 1. The predicted molar refractivity (Wildman–Crippen MR) is 63.8 cm³/mol. The molecule has 0 aromatic rings. The van der Waals surface area contributed by atoms with Crippen molar-refractivity contribution in [1.82, 2.24) is 5.32 Å². The minimum Gasteiger partial charge on any atom is -0.379 e. The standard InChI is InChI=1S/C12H25FN2O/c13-8-1-2-12(16)15-11-5-3-10(4-6-11)7-9-14/h10-12,15-16H,1-9,14H2. The predicted octanol–water partition coefficient (Wildman–Crippen LogP) is 1.55. The number of nitrogens with two attached hydrogens (primary N) is 1. The van der Waals surface area contributed by atoms with Crippen molar-refractivity contribution in [3.63, 3.8) is 0 Å². The third kappa shape index (κ3) is 5.23. The Hall–Kier alpha value is -0.190. The molecule has 4 N–H and O–H groups in total. The second-order valence-electron chi connectivity index (χ2n) is 4.81. The van der Waals surface area contributed by atoms with Gasteiger partial charge in [-0.3, -0.25) is 9.71 Å². The fourth-order valence-electron chi connectivity index (χ4n) is 2.48. The molecule has 96 valence electrons. The molecule has 0 amide bonds. The molecule has 0 heterocycles. The van der Waals surface area contributed by atoms with E-state index in [1.54, 1.807) is 0 Å². The summed E-state index contributed by atoms with van der Waals surface area (Å²) in [5.41, 5.74) is 5.54. The number of rotatable bonds is 7. The van der Waals surface area contributed by atoms with E-state index >= 15 is 0 Å². The Balaban J connectivity index is 2.11. The number of halogens is 1. The average Bonchev–Trinajstić information content (AvgIpc) is 2.29. The maximum absolute atomic E-state index is 11.9. The molecule has 1 atom stereocenters. The molecule has 1 rings (SSSR count). The lowest BCUT2D eigenvalue weighted by atomic mass is 9.84. The number of hydrogen-bond acceptors (Lipinski definition) is 3. The van der Waals surface area contributed by atoms with Crippen LogP contribution in [-0.2, 0) is 0 Å². The van der Waals surface area contributed by atoms with E-state index in [0.29, 0.717) is 18.9 Å². The third-order valence-corrected chi connectivity index (χ3v) is 3.46. The van der Waals surface area contributed by atoms with Crippen molar-refractivity contribution in [2.24, 2.45) is 11.7 Å². The Morgan fingerprint density at radius 2 is 2.00 bits per heavy atom. The van der Waals surface area contributed by atoms with Crippen molar-refractivity contribution in [3.05, 3.63) is 0 Å². The summed E-state index contributed by atoms with van der Waals surface area (Å²) >= 11 is 0. The zero-order chi connectivity index (χ0) is 11.8. The normalized spacial score (nSPS) is 27.9. The van der Waals surface area contributed by atoms with E-state index in [9.17, 15) is 9.50 Å². The van der Waals surface area contributed by atoms with Crippen LogP contribution in [0.1, 0.15) is 44.9 Å². The van der Waals surface area contributed by atoms with Gasteiger partial charge in [-0.05, 0) is 57.4 Å². The first-order valence-electron chi connectivity index (χ1n) is 6.46. The highest BCUT2D eigenvalue weighted by molar-refractivity contribution is 4.78. The van der Waals surface area contributed by atoms with Gasteiger partial charge in [0.2, 0.25) is 0 Å². The van der Waals surface area contributed by atoms with Gasteiger partial charge in [0.25, 0.3) is 0 Å². The fraction of sp³-hybridized carbons (Fsp3) is 1.00. The molecule has 0 saturated heterocycles. The highest BCUT2D eigenvalue weighted by atomic mass is 19.1. The fourth-order valence-corrected chi connectivity index (χ4v) is 2.48. The maximum Gasteiger partial charge on any atom is 0.105 e. The lowest BCUT2D eigenvalue weighted by Crippen LogP contribution is -2.40. The van der Waals surface area contributed by atoms with Gasteiger partial charge in [0.05, 0.1) is 6.67 Å². The molecule has 0 aliphatic heterocycles. The van der Waals surface area contributed by atoms with Crippen molar-refractivity contribution < 1.29 is 9.50 Å². The number of nitrogens with one attached hydrogen (secondary N) is 1. The van der Waals surface area contributed by atoms with Gasteiger partial charge in [-0.2, -0.15) is 0 Å². The largest absolute Gasteiger partial charge is 0.379 e. The summed E-state index contributed by atoms with van der Waals surface area (Å²) in [7, 11) is 0. The van der Waals surface area contributed by atoms with Crippen LogP contribution in [0.3, 0.4) is 0 Å². The zero-order valence-corrected chi connectivity index (χ0v) is 10.00. The van der Waals surface area contributed by atoms with E-state index in [4.69, 9.17) is 5.73 Å². The van der Waals surface area contributed by atoms with Gasteiger partial charge < -0.3 is 10.8 Å². The van der Waals surface area contributed by atoms with Crippen molar-refractivity contribution >= 4 is 0 Å². The number of aliphatic hydroxyl groups is 1. The molecule has 1 fully saturated rings. The zero-order valence-electron chi connectivity index (χ0n) is 10.00. The first-order chi connectivity index (χ1) is 7.76. The third-order valence-electron chi connectivity index (χ3n) is 3.46. The second kappa shape index (κ2) is 7.98. The van der Waals surface area contributed by atoms with Crippen LogP contribution in [0.5, 0.6) is 0 Å². The van der Waals surface area contributed by atoms with Gasteiger partial charge in [0.15, 0.2) is 0 Å². The van der Waals surface area contributed by atoms with Crippen LogP contribution in [0.4, 0.5) is 4.39 Å². The molecular weight excluding hydrogens is 207 g/mol. The lowest BCUT2D eigenvalue weighted by molar-refractivity contribution is 0.0954. The molecule has 16 heavy (non-hydrogen) atoms. The first-order valence-corrected chi connectivity index (χ1v) is 6.46. The molecule has 0 bridgehead atoms. The minimum absolute atomic E-state index is 0.345. The Labute approximate surface area is 97.6 Å². The Kier molecular flexibility index (Phi) is 6.92. The molecular formula is C12H25FN2O. The molecule has 0 aromatic heterocycles. The van der Waals surface area contributed by atoms with Crippen molar-refractivity contribution in [1.29, 1.82) is 0 Å². The summed E-state index contributed by atoms with van der Waals surface area (Å²) in [4.78, 5) is 0. The molecule has 1 unspecified atom stereocenters. The summed E-state index contributed by atoms with van der Waals surface area (Å²) in [5.74, 6) is 0.769. The summed E-state index contributed by atoms with van der Waals surface area (Å²) in [5, 5.41) is 12.8. The maximum atomic E-state index is 11.9. The molecule has 1 aliphatic rings. The van der Waals surface area contributed by atoms with Gasteiger partial charge in [-0.1, -0.05) is 0 Å². The van der Waals surface area contributed by atoms with Gasteiger partial charge in [0, 0.05) is 6.04 Å². The van der Waals surface area contributed by atoms with E-state index < -0.39 is 6.23 Å². The number of alkyl halides is 1. The quantitative estimate of drug-likeness (QED) is 0.584. The Morgan fingerprint density at radius 3 is 2.56 bits per heavy atom. The van der Waals surface area contributed by atoms with Crippen LogP contribution in [0.2, 0.25) is 0 Å². The van der Waals surface area contributed by atoms with Crippen molar-refractivity contribution in [2.45, 2.75) is 57.2 Å². The van der Waals surface area contributed by atoms with Gasteiger partial charge in [-0.25, -0.2) is 0 Å². The molecule has 0 spiro atoms. The first kappa shape index (κ1) is 13.9. The molecule has 4 heteroatoms. The summed E-state index contributed by atoms with van der Waals surface area (Å²) in [6.45, 7) is 0.434. The van der Waals surface area contributed by atoms with Crippen LogP contribution in [-0.4, -0.2) is 30.6 Å². The SMILES string of the molecule is NCCC1CCC(NC(O)CCCF)CC1. The van der Waals surface area contributed by atoms with Crippen molar-refractivity contribution in [3.8, 4) is 0 Å². The van der Waals surface area contributed by atoms with Gasteiger partial charge in [0.1, 0.15) is 6.23 Å². The summed E-state index contributed by atoms with van der Waals surface area (Å²) in [6.07, 6.45) is 6.16. The van der Waals surface area contributed by atoms with Crippen LogP contribution < -0.4 is 11.1 Å². The summed E-state index contributed by atoms with van der Waals surface area (Å²) < 4.78 is 11.9. The highest BCUT2D eigenvalue weighted by Crippen LogP contribution is 2.26. The molecule has 0 radical (unpaired) electrons. The van der Waals surface area contributed by atoms with Crippen molar-refractivity contribution in [2.75, 3.05) is 13.2 Å². The second-order valence-corrected chi connectivity index (χ2v) is 4.81. The Morgan fingerprint density at radius 1 is 1.31 bits per heavy atom. The monoisotopic (exact) mass is 232 g/mol. The Bertz CT molecular complexity index is 172. The molecule has 0 aromatic carbocycles. The van der Waals surface area contributed by atoms with Gasteiger partial charge in [-0.15, -0.1) is 0 Å². The molecule has 1 aliphatic carbocycles. The average molecular weight is 232 g/mol. The molecule has 1 saturated carbocycles. The summed E-state index contributed by atoms with van der Waals surface area (Å²) in [6, 6.07) is 0.406. The molecule has 3 nitrogen and oxygen atoms in total. The van der Waals surface area contributed by atoms with Crippen LogP contribution in [0, 0.1) is 5.92 Å². The van der Waals surface area contributed by atoms with E-state index in [1.807, 2.05) is 0 Å². The van der Waals surface area contributed by atoms with Crippen LogP contribution >= 0.6 is 0 Å². The van der Waals surface area contributed by atoms with Crippen LogP contribution in [0.15, 0.2) is 0 Å². The van der Waals surface area contributed by atoms with E-state index in [0.717, 1.165) is 31.7 Å². The highest BCUT2D eigenvalue weighted by Gasteiger charge is 2.21. The minimum atomic E-state index is -0.535. The topological polar surface area (TPSA) is 58.3 Å². The number of hydrogen-bond donors (Lipinski definition) is 3. The van der Waals surface area contributed by atoms with E-state index in [2.05, 4.69) is 5.32 Å². The van der Waals surface area contributed by atoms with Gasteiger partial charge >= 0.3 is 0 Å². The van der Waals surface area contributed by atoms with E-state index in [1.165, 1.54) is 12.8 Å².